The first-order valence-electron chi connectivity index (χ1n) is 0.494. The minimum Gasteiger partial charge on any atom is -1.00 e. The fourth-order valence-electron chi connectivity index (χ4n) is 0. The molecule has 0 radical (unpaired) electrons. The van der Waals surface area contributed by atoms with E-state index in [4.69, 9.17) is 9.73 Å². The maximum Gasteiger partial charge on any atom is 2.00 e. The van der Waals surface area contributed by atoms with Gasteiger partial charge in [0, 0.05) is 0 Å². The Labute approximate surface area is 87.5 Å². The van der Waals surface area contributed by atoms with Crippen molar-refractivity contribution < 1.29 is 56.4 Å². The maximum atomic E-state index is 8.36. The van der Waals surface area contributed by atoms with Gasteiger partial charge in [0.05, 0.1) is 0 Å². The molecule has 0 saturated carbocycles. The Balaban J connectivity index is -0.000000000364. The summed E-state index contributed by atoms with van der Waals surface area (Å²) >= 11 is 0. The predicted octanol–water partition coefficient (Wildman–Crippen LogP) is -7.81. The van der Waals surface area contributed by atoms with Gasteiger partial charge in [-0.25, -0.2) is 0 Å². The molecule has 0 atom stereocenters. The Morgan fingerprint density at radius 2 is 0.750 bits per heavy atom. The van der Waals surface area contributed by atoms with Crippen molar-refractivity contribution in [2.45, 2.75) is 0 Å². The van der Waals surface area contributed by atoms with Crippen molar-refractivity contribution >= 4 is 30.4 Å². The van der Waals surface area contributed by atoms with Crippen molar-refractivity contribution in [2.75, 3.05) is 0 Å². The van der Waals surface area contributed by atoms with Gasteiger partial charge in [-0.1, -0.05) is 0 Å². The van der Waals surface area contributed by atoms with E-state index in [1.807, 2.05) is 0 Å². The van der Waals surface area contributed by atoms with Crippen LogP contribution in [-0.2, 0) is 4.70 Å². The number of hydrogen-bond donors (Lipinski definition) is 1. The Kier molecular flexibility index (Phi) is 25700. The topological polar surface area (TPSA) is 289 Å². The Bertz CT molecular complexity index is 25.6. The van der Waals surface area contributed by atoms with E-state index in [-0.39, 0.29) is 77.1 Å². The molecular formula is H19BMgO10. The molecule has 10 nitrogen and oxygen atoms in total. The van der Waals surface area contributed by atoms with Crippen LogP contribution in [0.3, 0.4) is 0 Å². The fraction of sp³-hybridized carbons (Fsp3) is 0. The van der Waals surface area contributed by atoms with Crippen molar-refractivity contribution in [2.24, 2.45) is 0 Å². The van der Waals surface area contributed by atoms with E-state index in [9.17, 15) is 0 Å². The van der Waals surface area contributed by atoms with E-state index < -0.39 is 0 Å². The summed E-state index contributed by atoms with van der Waals surface area (Å²) in [6.45, 7) is 0. The molecule has 0 saturated heterocycles. The van der Waals surface area contributed by atoms with Gasteiger partial charge in [-0.2, -0.15) is 0 Å². The third kappa shape index (κ3) is 67900. The van der Waals surface area contributed by atoms with Crippen LogP contribution < -0.4 is 0 Å². The molecule has 0 aromatic heterocycles. The first-order chi connectivity index (χ1) is 1.41. The summed E-state index contributed by atoms with van der Waals surface area (Å²) in [6.07, 6.45) is 0. The van der Waals surface area contributed by atoms with Crippen molar-refractivity contribution in [3.05, 3.63) is 0 Å². The zero-order valence-electron chi connectivity index (χ0n) is 8.14. The van der Waals surface area contributed by atoms with E-state index in [2.05, 4.69) is 0 Å². The number of rotatable bonds is 0. The SMILES string of the molecule is O.O.O.O.O.O.O.O.O=BO.[H-].[H-].[Mg+2]. The smallest absolute Gasteiger partial charge is 1.00 e. The van der Waals surface area contributed by atoms with Crippen molar-refractivity contribution in [1.82, 2.24) is 0 Å². The molecule has 84 valence electrons. The van der Waals surface area contributed by atoms with E-state index in [0.29, 0.717) is 0 Å². The van der Waals surface area contributed by atoms with Gasteiger partial charge in [0.25, 0.3) is 0 Å². The minimum absolute atomic E-state index is 0. The molecule has 0 rings (SSSR count). The summed E-state index contributed by atoms with van der Waals surface area (Å²) in [5.74, 6) is 0. The summed E-state index contributed by atoms with van der Waals surface area (Å²) in [4.78, 5) is 0. The molecule has 17 N–H and O–H groups in total. The summed E-state index contributed by atoms with van der Waals surface area (Å²) in [5.41, 5.74) is 0. The van der Waals surface area contributed by atoms with Crippen LogP contribution in [0.25, 0.3) is 0 Å². The first-order valence-corrected chi connectivity index (χ1v) is 0.494. The predicted molar refractivity (Wildman–Crippen MR) is 45.5 cm³/mol. The maximum absolute atomic E-state index is 8.36. The second-order valence-electron chi connectivity index (χ2n) is 0.105. The van der Waals surface area contributed by atoms with Crippen LogP contribution in [0, 0.1) is 0 Å². The third-order valence-electron chi connectivity index (χ3n) is 0. The van der Waals surface area contributed by atoms with Gasteiger partial charge in [0.15, 0.2) is 0 Å². The van der Waals surface area contributed by atoms with Gasteiger partial charge in [0.1, 0.15) is 0 Å². The zero-order valence-corrected chi connectivity index (χ0v) is 7.55. The molecule has 12 heavy (non-hydrogen) atoms. The van der Waals surface area contributed by atoms with E-state index in [0.717, 1.165) is 0 Å². The summed E-state index contributed by atoms with van der Waals surface area (Å²) < 4.78 is 8.36. The molecule has 0 heterocycles. The zero-order chi connectivity index (χ0) is 2.71. The van der Waals surface area contributed by atoms with Crippen LogP contribution in [0.4, 0.5) is 0 Å². The van der Waals surface area contributed by atoms with E-state index >= 15 is 0 Å². The minimum atomic E-state index is -0.250. The molecular weight excluding hydrogens is 195 g/mol. The van der Waals surface area contributed by atoms with Crippen LogP contribution >= 0.6 is 0 Å². The van der Waals surface area contributed by atoms with E-state index in [1.54, 1.807) is 0 Å². The van der Waals surface area contributed by atoms with Gasteiger partial charge >= 0.3 is 40.1 Å². The van der Waals surface area contributed by atoms with Gasteiger partial charge in [-0.05, 0) is 0 Å². The first kappa shape index (κ1) is 335. The average molecular weight is 214 g/mol. The third-order valence-corrected chi connectivity index (χ3v) is 0. The Morgan fingerprint density at radius 3 is 0.750 bits per heavy atom. The summed E-state index contributed by atoms with van der Waals surface area (Å²) in [6, 6.07) is 0. The van der Waals surface area contributed by atoms with Gasteiger partial charge < -0.3 is 46.7 Å². The van der Waals surface area contributed by atoms with Crippen molar-refractivity contribution in [3.63, 3.8) is 0 Å². The molecule has 0 bridgehead atoms. The van der Waals surface area contributed by atoms with Crippen molar-refractivity contribution in [1.29, 1.82) is 0 Å². The van der Waals surface area contributed by atoms with Crippen LogP contribution in [-0.4, -0.2) is 79.2 Å². The molecule has 0 aromatic carbocycles. The summed E-state index contributed by atoms with van der Waals surface area (Å²) in [5, 5.41) is 6.89. The van der Waals surface area contributed by atoms with Crippen LogP contribution in [0.15, 0.2) is 0 Å². The monoisotopic (exact) mass is 214 g/mol. The van der Waals surface area contributed by atoms with Crippen LogP contribution in [0.5, 0.6) is 0 Å². The van der Waals surface area contributed by atoms with Gasteiger partial charge in [0.2, 0.25) is 0 Å². The molecule has 0 amide bonds. The molecule has 0 unspecified atom stereocenters. The quantitative estimate of drug-likeness (QED) is 0.384. The van der Waals surface area contributed by atoms with Crippen molar-refractivity contribution in [3.8, 4) is 0 Å². The van der Waals surface area contributed by atoms with Crippen LogP contribution in [0.2, 0.25) is 0 Å². The molecule has 0 aliphatic rings. The second kappa shape index (κ2) is 920. The molecule has 0 aliphatic heterocycles. The van der Waals surface area contributed by atoms with Gasteiger partial charge in [-0.15, -0.1) is 0 Å². The van der Waals surface area contributed by atoms with Gasteiger partial charge in [-0.3, -0.25) is 0 Å². The summed E-state index contributed by atoms with van der Waals surface area (Å²) in [7, 11) is -0.250. The standard InChI is InChI=1S/BHO2.Mg.8H2O.2H/c2-1-3;;;;;;;;;;;/h2H;;8*1H2;;/q;+2;;;;;;;;;2*-1. The number of hydrogen-bond acceptors (Lipinski definition) is 1. The average Bonchev–Trinajstić information content (AvgIpc) is 0.918. The largest absolute Gasteiger partial charge is 2.00 e. The molecule has 12 heteroatoms. The molecule has 0 aromatic rings. The van der Waals surface area contributed by atoms with Crippen LogP contribution in [0.1, 0.15) is 2.85 Å². The Hall–Kier alpha value is 0.111. The molecule has 0 fully saturated rings. The Morgan fingerprint density at radius 1 is 0.750 bits per heavy atom. The molecule has 0 spiro atoms. The second-order valence-corrected chi connectivity index (χ2v) is 0.105. The fourth-order valence-corrected chi connectivity index (χ4v) is 0. The molecule has 0 aliphatic carbocycles. The normalized spacial score (nSPS) is 0.667. The van der Waals surface area contributed by atoms with E-state index in [1.165, 1.54) is 0 Å².